The molecule has 0 spiro atoms. The lowest BCUT2D eigenvalue weighted by atomic mass is 10.1. The molecule has 0 bridgehead atoms. The number of hydrogen-bond acceptors (Lipinski definition) is 4. The van der Waals surface area contributed by atoms with Crippen molar-refractivity contribution in [1.82, 2.24) is 10.3 Å². The van der Waals surface area contributed by atoms with E-state index in [1.807, 2.05) is 31.2 Å². The van der Waals surface area contributed by atoms with Gasteiger partial charge in [-0.15, -0.1) is 0 Å². The van der Waals surface area contributed by atoms with E-state index in [2.05, 4.69) is 15.6 Å². The molecule has 110 valence electrons. The van der Waals surface area contributed by atoms with Gasteiger partial charge in [0.15, 0.2) is 0 Å². The molecule has 0 saturated heterocycles. The Labute approximate surface area is 128 Å². The number of carbonyl (C=O) groups is 1. The molecule has 5 nitrogen and oxygen atoms in total. The maximum atomic E-state index is 11.5. The maximum Gasteiger partial charge on any atom is 0.221 e. The van der Waals surface area contributed by atoms with Crippen LogP contribution >= 0.6 is 12.2 Å². The van der Waals surface area contributed by atoms with Crippen LogP contribution in [0.15, 0.2) is 30.5 Å². The van der Waals surface area contributed by atoms with E-state index in [1.54, 1.807) is 6.20 Å². The number of rotatable bonds is 6. The van der Waals surface area contributed by atoms with Gasteiger partial charge in [0.05, 0.1) is 16.8 Å². The molecule has 6 heteroatoms. The average Bonchev–Trinajstić information content (AvgIpc) is 2.47. The normalized spacial score (nSPS) is 10.3. The van der Waals surface area contributed by atoms with Crippen LogP contribution in [0.3, 0.4) is 0 Å². The van der Waals surface area contributed by atoms with E-state index >= 15 is 0 Å². The van der Waals surface area contributed by atoms with E-state index in [0.29, 0.717) is 25.1 Å². The zero-order valence-electron chi connectivity index (χ0n) is 11.8. The summed E-state index contributed by atoms with van der Waals surface area (Å²) in [6.07, 6.45) is 2.06. The summed E-state index contributed by atoms with van der Waals surface area (Å²) < 4.78 is 0. The highest BCUT2D eigenvalue weighted by atomic mass is 32.1. The van der Waals surface area contributed by atoms with Gasteiger partial charge in [-0.1, -0.05) is 30.4 Å². The van der Waals surface area contributed by atoms with Crippen LogP contribution in [0.1, 0.15) is 18.9 Å². The number of hydrogen-bond donors (Lipinski definition) is 3. The first-order chi connectivity index (χ1) is 10.1. The fourth-order valence-corrected chi connectivity index (χ4v) is 2.26. The molecule has 1 aromatic carbocycles. The second kappa shape index (κ2) is 6.99. The third kappa shape index (κ3) is 3.66. The number of anilines is 1. The Hall–Kier alpha value is -2.21. The molecule has 4 N–H and O–H groups in total. The van der Waals surface area contributed by atoms with Crippen molar-refractivity contribution in [2.45, 2.75) is 13.3 Å². The topological polar surface area (TPSA) is 80.0 Å². The van der Waals surface area contributed by atoms with E-state index in [0.717, 1.165) is 16.6 Å². The van der Waals surface area contributed by atoms with Gasteiger partial charge in [-0.2, -0.15) is 0 Å². The highest BCUT2D eigenvalue weighted by Crippen LogP contribution is 2.25. The summed E-state index contributed by atoms with van der Waals surface area (Å²) in [5, 5.41) is 6.97. The summed E-state index contributed by atoms with van der Waals surface area (Å²) in [6, 6.07) is 7.74. The van der Waals surface area contributed by atoms with Crippen molar-refractivity contribution in [3.05, 3.63) is 36.0 Å². The van der Waals surface area contributed by atoms with Gasteiger partial charge in [0.2, 0.25) is 5.91 Å². The zero-order chi connectivity index (χ0) is 15.2. The number of nitrogens with one attached hydrogen (secondary N) is 2. The van der Waals surface area contributed by atoms with Crippen molar-refractivity contribution < 1.29 is 4.79 Å². The molecule has 0 aliphatic carbocycles. The first kappa shape index (κ1) is 15.2. The molecular formula is C15H18N4OS. The summed E-state index contributed by atoms with van der Waals surface area (Å²) in [5.41, 5.74) is 8.14. The van der Waals surface area contributed by atoms with Gasteiger partial charge in [-0.05, 0) is 13.0 Å². The lowest BCUT2D eigenvalue weighted by molar-refractivity contribution is -0.120. The monoisotopic (exact) mass is 302 g/mol. The van der Waals surface area contributed by atoms with Crippen LogP contribution in [-0.2, 0) is 4.79 Å². The van der Waals surface area contributed by atoms with Crippen molar-refractivity contribution in [3.63, 3.8) is 0 Å². The maximum absolute atomic E-state index is 11.5. The molecule has 0 saturated carbocycles. The van der Waals surface area contributed by atoms with Crippen LogP contribution in [0, 0.1) is 0 Å². The van der Waals surface area contributed by atoms with E-state index in [1.165, 1.54) is 0 Å². The van der Waals surface area contributed by atoms with Crippen LogP contribution < -0.4 is 16.4 Å². The number of benzene rings is 1. The van der Waals surface area contributed by atoms with Crippen LogP contribution in [0.5, 0.6) is 0 Å². The second-order valence-corrected chi connectivity index (χ2v) is 5.00. The summed E-state index contributed by atoms with van der Waals surface area (Å²) in [4.78, 5) is 16.1. The number of carbonyl (C=O) groups excluding carboxylic acids is 1. The Morgan fingerprint density at radius 1 is 1.38 bits per heavy atom. The molecule has 0 aliphatic heterocycles. The van der Waals surface area contributed by atoms with Gasteiger partial charge in [0, 0.05) is 31.1 Å². The number of nitrogens with zero attached hydrogens (tertiary/aromatic N) is 1. The third-order valence-corrected chi connectivity index (χ3v) is 3.29. The van der Waals surface area contributed by atoms with Crippen LogP contribution in [0.4, 0.5) is 5.69 Å². The van der Waals surface area contributed by atoms with Crippen LogP contribution in [-0.4, -0.2) is 29.0 Å². The first-order valence-electron chi connectivity index (χ1n) is 6.81. The third-order valence-electron chi connectivity index (χ3n) is 3.07. The predicted molar refractivity (Wildman–Crippen MR) is 89.4 cm³/mol. The lowest BCUT2D eigenvalue weighted by Crippen LogP contribution is -2.25. The molecular weight excluding hydrogens is 284 g/mol. The van der Waals surface area contributed by atoms with Gasteiger partial charge in [-0.25, -0.2) is 0 Å². The van der Waals surface area contributed by atoms with Gasteiger partial charge in [-0.3, -0.25) is 9.78 Å². The number of thiocarbonyl (C=S) groups is 1. The van der Waals surface area contributed by atoms with E-state index in [4.69, 9.17) is 18.0 Å². The van der Waals surface area contributed by atoms with E-state index in [-0.39, 0.29) is 10.9 Å². The number of aromatic nitrogens is 1. The number of pyridine rings is 1. The van der Waals surface area contributed by atoms with Gasteiger partial charge in [0.25, 0.3) is 0 Å². The highest BCUT2D eigenvalue weighted by molar-refractivity contribution is 7.80. The average molecular weight is 302 g/mol. The standard InChI is InChI=1S/C15H18N4OS/c1-2-17-13(20)7-8-18-14-10-5-3-4-6-12(10)19-9-11(14)15(16)21/h3-6,9H,2,7-8H2,1H3,(H2,16,21)(H,17,20)(H,18,19). The van der Waals surface area contributed by atoms with E-state index < -0.39 is 0 Å². The first-order valence-corrected chi connectivity index (χ1v) is 7.22. The molecule has 1 aromatic heterocycles. The number of nitrogens with two attached hydrogens (primary N) is 1. The Morgan fingerprint density at radius 2 is 2.14 bits per heavy atom. The quantitative estimate of drug-likeness (QED) is 0.709. The van der Waals surface area contributed by atoms with E-state index in [9.17, 15) is 4.79 Å². The number of fused-ring (bicyclic) bond motifs is 1. The molecule has 21 heavy (non-hydrogen) atoms. The molecule has 0 fully saturated rings. The SMILES string of the molecule is CCNC(=O)CCNc1c(C(N)=S)cnc2ccccc12. The van der Waals surface area contributed by atoms with Crippen molar-refractivity contribution in [2.24, 2.45) is 5.73 Å². The predicted octanol–water partition coefficient (Wildman–Crippen LogP) is 1.81. The van der Waals surface area contributed by atoms with Crippen LogP contribution in [0.2, 0.25) is 0 Å². The Kier molecular flexibility index (Phi) is 5.05. The smallest absolute Gasteiger partial charge is 0.221 e. The number of amides is 1. The van der Waals surface area contributed by atoms with Gasteiger partial charge in [0.1, 0.15) is 4.99 Å². The largest absolute Gasteiger partial charge is 0.389 e. The lowest BCUT2D eigenvalue weighted by Gasteiger charge is -2.13. The summed E-state index contributed by atoms with van der Waals surface area (Å²) in [7, 11) is 0. The molecule has 0 aliphatic rings. The summed E-state index contributed by atoms with van der Waals surface area (Å²) >= 11 is 5.07. The minimum Gasteiger partial charge on any atom is -0.389 e. The Morgan fingerprint density at radius 3 is 2.86 bits per heavy atom. The Bertz CT molecular complexity index is 672. The minimum atomic E-state index is 0.0141. The van der Waals surface area contributed by atoms with Gasteiger partial charge < -0.3 is 16.4 Å². The van der Waals surface area contributed by atoms with Crippen molar-refractivity contribution in [2.75, 3.05) is 18.4 Å². The van der Waals surface area contributed by atoms with Crippen molar-refractivity contribution in [1.29, 1.82) is 0 Å². The van der Waals surface area contributed by atoms with Gasteiger partial charge >= 0.3 is 0 Å². The highest BCUT2D eigenvalue weighted by Gasteiger charge is 2.11. The second-order valence-electron chi connectivity index (χ2n) is 4.56. The van der Waals surface area contributed by atoms with Crippen molar-refractivity contribution in [3.8, 4) is 0 Å². The number of para-hydroxylation sites is 1. The molecule has 0 atom stereocenters. The fourth-order valence-electron chi connectivity index (χ4n) is 2.11. The van der Waals surface area contributed by atoms with Crippen LogP contribution in [0.25, 0.3) is 10.9 Å². The fraction of sp³-hybridized carbons (Fsp3) is 0.267. The zero-order valence-corrected chi connectivity index (χ0v) is 12.7. The van der Waals surface area contributed by atoms with Crippen molar-refractivity contribution >= 4 is 39.7 Å². The molecule has 0 radical (unpaired) electrons. The molecule has 0 unspecified atom stereocenters. The summed E-state index contributed by atoms with van der Waals surface area (Å²) in [5.74, 6) is 0.0141. The Balaban J connectivity index is 2.25. The summed E-state index contributed by atoms with van der Waals surface area (Å²) in [6.45, 7) is 3.04. The molecule has 2 aromatic rings. The molecule has 1 heterocycles. The minimum absolute atomic E-state index is 0.0141. The molecule has 2 rings (SSSR count). The molecule has 1 amide bonds.